The number of rotatable bonds is 4. The molecule has 2 saturated carbocycles. The van der Waals surface area contributed by atoms with Crippen molar-refractivity contribution in [2.75, 3.05) is 19.6 Å². The SMILES string of the molecule is CCNC1CCC(C(C)C)CC1N1CC2CCCC2C1. The van der Waals surface area contributed by atoms with Crippen molar-refractivity contribution in [3.63, 3.8) is 0 Å². The molecule has 0 radical (unpaired) electrons. The maximum absolute atomic E-state index is 3.79. The highest BCUT2D eigenvalue weighted by molar-refractivity contribution is 4.97. The molecule has 0 aromatic carbocycles. The van der Waals surface area contributed by atoms with E-state index in [4.69, 9.17) is 0 Å². The Balaban J connectivity index is 1.66. The van der Waals surface area contributed by atoms with Gasteiger partial charge in [-0.1, -0.05) is 27.2 Å². The molecule has 5 unspecified atom stereocenters. The molecule has 3 fully saturated rings. The van der Waals surface area contributed by atoms with E-state index in [1.807, 2.05) is 0 Å². The minimum Gasteiger partial charge on any atom is -0.313 e. The molecular weight excluding hydrogens is 244 g/mol. The molecule has 116 valence electrons. The zero-order valence-corrected chi connectivity index (χ0v) is 13.8. The van der Waals surface area contributed by atoms with E-state index in [9.17, 15) is 0 Å². The van der Waals surface area contributed by atoms with Crippen LogP contribution >= 0.6 is 0 Å². The van der Waals surface area contributed by atoms with Crippen molar-refractivity contribution in [3.8, 4) is 0 Å². The van der Waals surface area contributed by atoms with Crippen LogP contribution in [0.4, 0.5) is 0 Å². The van der Waals surface area contributed by atoms with Crippen LogP contribution in [0.3, 0.4) is 0 Å². The molecule has 0 bridgehead atoms. The van der Waals surface area contributed by atoms with Crippen molar-refractivity contribution in [2.24, 2.45) is 23.7 Å². The minimum atomic E-state index is 0.758. The van der Waals surface area contributed by atoms with Gasteiger partial charge in [0.1, 0.15) is 0 Å². The second-order valence-electron chi connectivity index (χ2n) is 7.95. The molecule has 0 spiro atoms. The lowest BCUT2D eigenvalue weighted by Gasteiger charge is -2.43. The van der Waals surface area contributed by atoms with Crippen LogP contribution in [0.25, 0.3) is 0 Å². The van der Waals surface area contributed by atoms with E-state index in [1.165, 1.54) is 51.6 Å². The molecule has 2 aliphatic carbocycles. The highest BCUT2D eigenvalue weighted by Gasteiger charge is 2.42. The van der Waals surface area contributed by atoms with Crippen LogP contribution < -0.4 is 5.32 Å². The maximum atomic E-state index is 3.79. The monoisotopic (exact) mass is 278 g/mol. The van der Waals surface area contributed by atoms with E-state index in [2.05, 4.69) is 31.0 Å². The number of hydrogen-bond acceptors (Lipinski definition) is 2. The Bertz CT molecular complexity index is 303. The summed E-state index contributed by atoms with van der Waals surface area (Å²) in [5.41, 5.74) is 0. The van der Waals surface area contributed by atoms with Crippen molar-refractivity contribution in [1.82, 2.24) is 10.2 Å². The number of nitrogens with one attached hydrogen (secondary N) is 1. The van der Waals surface area contributed by atoms with Crippen LogP contribution in [0.5, 0.6) is 0 Å². The number of hydrogen-bond donors (Lipinski definition) is 1. The Labute approximate surface area is 125 Å². The summed E-state index contributed by atoms with van der Waals surface area (Å²) in [7, 11) is 0. The molecule has 2 heteroatoms. The number of nitrogens with zero attached hydrogens (tertiary/aromatic N) is 1. The predicted molar refractivity (Wildman–Crippen MR) is 85.8 cm³/mol. The quantitative estimate of drug-likeness (QED) is 0.846. The molecule has 0 aromatic rings. The van der Waals surface area contributed by atoms with Crippen LogP contribution in [0.1, 0.15) is 59.3 Å². The van der Waals surface area contributed by atoms with E-state index in [0.29, 0.717) is 0 Å². The molecule has 1 saturated heterocycles. The molecule has 0 aromatic heterocycles. The van der Waals surface area contributed by atoms with E-state index in [-0.39, 0.29) is 0 Å². The lowest BCUT2D eigenvalue weighted by atomic mass is 9.76. The molecule has 3 aliphatic rings. The van der Waals surface area contributed by atoms with Crippen molar-refractivity contribution < 1.29 is 0 Å². The van der Waals surface area contributed by atoms with Gasteiger partial charge in [-0.25, -0.2) is 0 Å². The number of fused-ring (bicyclic) bond motifs is 1. The van der Waals surface area contributed by atoms with Gasteiger partial charge in [0.15, 0.2) is 0 Å². The number of likely N-dealkylation sites (N-methyl/N-ethyl adjacent to an activating group) is 1. The van der Waals surface area contributed by atoms with Gasteiger partial charge in [-0.2, -0.15) is 0 Å². The molecule has 20 heavy (non-hydrogen) atoms. The molecule has 2 nitrogen and oxygen atoms in total. The van der Waals surface area contributed by atoms with Crippen LogP contribution in [0.2, 0.25) is 0 Å². The van der Waals surface area contributed by atoms with E-state index in [0.717, 1.165) is 42.3 Å². The fraction of sp³-hybridized carbons (Fsp3) is 1.00. The van der Waals surface area contributed by atoms with Crippen LogP contribution in [-0.2, 0) is 0 Å². The highest BCUT2D eigenvalue weighted by Crippen LogP contribution is 2.41. The average Bonchev–Trinajstić information content (AvgIpc) is 3.00. The topological polar surface area (TPSA) is 15.3 Å². The molecule has 1 aliphatic heterocycles. The largest absolute Gasteiger partial charge is 0.313 e. The molecular formula is C18H34N2. The zero-order valence-electron chi connectivity index (χ0n) is 13.8. The maximum Gasteiger partial charge on any atom is 0.0252 e. The average molecular weight is 278 g/mol. The van der Waals surface area contributed by atoms with Crippen molar-refractivity contribution in [3.05, 3.63) is 0 Å². The summed E-state index contributed by atoms with van der Waals surface area (Å²) in [5.74, 6) is 3.89. The van der Waals surface area contributed by atoms with Crippen molar-refractivity contribution in [2.45, 2.75) is 71.4 Å². The second kappa shape index (κ2) is 6.36. The first-order chi connectivity index (χ1) is 9.69. The lowest BCUT2D eigenvalue weighted by Crippen LogP contribution is -2.53. The Morgan fingerprint density at radius 2 is 1.75 bits per heavy atom. The molecule has 3 rings (SSSR count). The minimum absolute atomic E-state index is 0.758. The molecule has 5 atom stereocenters. The Hall–Kier alpha value is -0.0800. The first-order valence-corrected chi connectivity index (χ1v) is 9.16. The fourth-order valence-electron chi connectivity index (χ4n) is 5.23. The summed E-state index contributed by atoms with van der Waals surface area (Å²) in [5, 5.41) is 3.79. The van der Waals surface area contributed by atoms with Crippen molar-refractivity contribution in [1.29, 1.82) is 0 Å². The van der Waals surface area contributed by atoms with E-state index >= 15 is 0 Å². The smallest absolute Gasteiger partial charge is 0.0252 e. The van der Waals surface area contributed by atoms with Crippen molar-refractivity contribution >= 4 is 0 Å². The van der Waals surface area contributed by atoms with Gasteiger partial charge in [0.2, 0.25) is 0 Å². The highest BCUT2D eigenvalue weighted by atomic mass is 15.2. The summed E-state index contributed by atoms with van der Waals surface area (Å²) in [6.07, 6.45) is 8.79. The third-order valence-corrected chi connectivity index (χ3v) is 6.49. The van der Waals surface area contributed by atoms with Crippen LogP contribution in [0.15, 0.2) is 0 Å². The summed E-state index contributed by atoms with van der Waals surface area (Å²) in [4.78, 5) is 2.89. The molecule has 0 amide bonds. The summed E-state index contributed by atoms with van der Waals surface area (Å²) in [6.45, 7) is 11.1. The lowest BCUT2D eigenvalue weighted by molar-refractivity contribution is 0.0956. The zero-order chi connectivity index (χ0) is 14.1. The number of likely N-dealkylation sites (tertiary alicyclic amines) is 1. The van der Waals surface area contributed by atoms with Crippen LogP contribution in [0, 0.1) is 23.7 Å². The van der Waals surface area contributed by atoms with E-state index in [1.54, 1.807) is 0 Å². The van der Waals surface area contributed by atoms with Gasteiger partial charge in [-0.3, -0.25) is 4.90 Å². The normalized spacial score (nSPS) is 42.3. The third-order valence-electron chi connectivity index (χ3n) is 6.49. The fourth-order valence-corrected chi connectivity index (χ4v) is 5.23. The van der Waals surface area contributed by atoms with Gasteiger partial charge >= 0.3 is 0 Å². The Morgan fingerprint density at radius 1 is 1.05 bits per heavy atom. The Morgan fingerprint density at radius 3 is 2.35 bits per heavy atom. The van der Waals surface area contributed by atoms with Gasteiger partial charge in [-0.15, -0.1) is 0 Å². The third kappa shape index (κ3) is 2.92. The molecule has 1 N–H and O–H groups in total. The van der Waals surface area contributed by atoms with Gasteiger partial charge in [0, 0.05) is 25.2 Å². The van der Waals surface area contributed by atoms with Gasteiger partial charge < -0.3 is 5.32 Å². The second-order valence-corrected chi connectivity index (χ2v) is 7.95. The Kier molecular flexibility index (Phi) is 4.72. The van der Waals surface area contributed by atoms with Gasteiger partial charge in [-0.05, 0) is 62.3 Å². The van der Waals surface area contributed by atoms with Gasteiger partial charge in [0.05, 0.1) is 0 Å². The summed E-state index contributed by atoms with van der Waals surface area (Å²) >= 11 is 0. The standard InChI is InChI=1S/C18H34N2/c1-4-19-17-9-8-14(13(2)3)10-18(17)20-11-15-6-5-7-16(15)12-20/h13-19H,4-12H2,1-3H3. The van der Waals surface area contributed by atoms with Crippen LogP contribution in [-0.4, -0.2) is 36.6 Å². The van der Waals surface area contributed by atoms with E-state index < -0.39 is 0 Å². The predicted octanol–water partition coefficient (Wildman–Crippen LogP) is 3.52. The first kappa shape index (κ1) is 14.8. The first-order valence-electron chi connectivity index (χ1n) is 9.16. The molecule has 1 heterocycles. The summed E-state index contributed by atoms with van der Waals surface area (Å²) < 4.78 is 0. The summed E-state index contributed by atoms with van der Waals surface area (Å²) in [6, 6.07) is 1.58. The van der Waals surface area contributed by atoms with Gasteiger partial charge in [0.25, 0.3) is 0 Å².